The van der Waals surface area contributed by atoms with Gasteiger partial charge in [-0.2, -0.15) is 0 Å². The van der Waals surface area contributed by atoms with Crippen molar-refractivity contribution in [2.45, 2.75) is 43.5 Å². The van der Waals surface area contributed by atoms with Crippen molar-refractivity contribution in [2.75, 3.05) is 13.1 Å². The molecule has 7 nitrogen and oxygen atoms in total. The highest BCUT2D eigenvalue weighted by Crippen LogP contribution is 2.34. The van der Waals surface area contributed by atoms with Gasteiger partial charge >= 0.3 is 5.97 Å². The monoisotopic (exact) mass is 470 g/mol. The molecule has 1 heterocycles. The number of thioether (sulfide) groups is 1. The number of carboxylic acids is 1. The van der Waals surface area contributed by atoms with E-state index >= 15 is 0 Å². The third-order valence-electron chi connectivity index (χ3n) is 5.26. The van der Waals surface area contributed by atoms with Crippen LogP contribution in [0.4, 0.5) is 4.39 Å². The minimum absolute atomic E-state index is 0.0453. The molecule has 1 atom stereocenters. The van der Waals surface area contributed by atoms with Crippen LogP contribution in [0.2, 0.25) is 0 Å². The molecule has 3 rings (SSSR count). The Morgan fingerprint density at radius 3 is 2.48 bits per heavy atom. The van der Waals surface area contributed by atoms with Crippen LogP contribution < -0.4 is 15.4 Å². The molecule has 0 aromatic heterocycles. The standard InChI is InChI=1S/C21H24ClFN2O5S/c22-18-8-7-17(31-18)20(27)25-10-9-24-19(26)13-3-6-16(15(23)11-13)30-14-4-1-12(2-5-14)21(28)29/h3,6,8,11-12,14,17H,1-2,4-5,7,9-10H2,(H,24,26)(H,25,27)(H,28,29). The first-order valence-electron chi connectivity index (χ1n) is 10.1. The molecule has 1 aliphatic carbocycles. The maximum Gasteiger partial charge on any atom is 0.306 e. The number of rotatable bonds is 8. The highest BCUT2D eigenvalue weighted by atomic mass is 35.5. The number of nitrogens with one attached hydrogen (secondary N) is 2. The van der Waals surface area contributed by atoms with Crippen molar-refractivity contribution in [3.63, 3.8) is 0 Å². The van der Waals surface area contributed by atoms with Crippen LogP contribution in [0.15, 0.2) is 28.6 Å². The van der Waals surface area contributed by atoms with E-state index < -0.39 is 17.7 Å². The van der Waals surface area contributed by atoms with E-state index in [1.54, 1.807) is 6.08 Å². The van der Waals surface area contributed by atoms with Gasteiger partial charge in [0.1, 0.15) is 0 Å². The Labute approximate surface area is 188 Å². The van der Waals surface area contributed by atoms with Crippen LogP contribution >= 0.6 is 23.4 Å². The van der Waals surface area contributed by atoms with Gasteiger partial charge in [0.2, 0.25) is 5.91 Å². The molecule has 31 heavy (non-hydrogen) atoms. The molecule has 168 valence electrons. The molecular formula is C21H24ClFN2O5S. The summed E-state index contributed by atoms with van der Waals surface area (Å²) in [5.74, 6) is -2.38. The van der Waals surface area contributed by atoms with Crippen molar-refractivity contribution in [1.82, 2.24) is 10.6 Å². The van der Waals surface area contributed by atoms with E-state index in [9.17, 15) is 18.8 Å². The van der Waals surface area contributed by atoms with E-state index in [0.717, 1.165) is 6.07 Å². The first kappa shape index (κ1) is 23.4. The highest BCUT2D eigenvalue weighted by molar-refractivity contribution is 8.06. The van der Waals surface area contributed by atoms with Crippen LogP contribution in [-0.2, 0) is 9.59 Å². The maximum atomic E-state index is 14.4. The molecule has 0 radical (unpaired) electrons. The molecule has 1 aliphatic heterocycles. The smallest absolute Gasteiger partial charge is 0.306 e. The Morgan fingerprint density at radius 2 is 1.87 bits per heavy atom. The zero-order valence-corrected chi connectivity index (χ0v) is 18.3. The van der Waals surface area contributed by atoms with Gasteiger partial charge in [-0.05, 0) is 50.3 Å². The first-order chi connectivity index (χ1) is 14.8. The molecule has 0 bridgehead atoms. The Balaban J connectivity index is 1.41. The zero-order valence-electron chi connectivity index (χ0n) is 16.7. The van der Waals surface area contributed by atoms with Crippen molar-refractivity contribution in [1.29, 1.82) is 0 Å². The van der Waals surface area contributed by atoms with Gasteiger partial charge in [-0.3, -0.25) is 14.4 Å². The SMILES string of the molecule is O=C(NCCNC(=O)C1CC=C(Cl)S1)c1ccc(OC2CCC(C(=O)O)CC2)c(F)c1. The summed E-state index contributed by atoms with van der Waals surface area (Å²) < 4.78 is 20.7. The number of carbonyl (C=O) groups is 3. The van der Waals surface area contributed by atoms with E-state index in [0.29, 0.717) is 36.5 Å². The highest BCUT2D eigenvalue weighted by Gasteiger charge is 2.27. The summed E-state index contributed by atoms with van der Waals surface area (Å²) in [6, 6.07) is 3.98. The number of amides is 2. The molecule has 1 aromatic rings. The topological polar surface area (TPSA) is 105 Å². The van der Waals surface area contributed by atoms with Crippen LogP contribution in [0.5, 0.6) is 5.75 Å². The summed E-state index contributed by atoms with van der Waals surface area (Å²) in [5.41, 5.74) is 0.146. The molecule has 1 aromatic carbocycles. The lowest BCUT2D eigenvalue weighted by molar-refractivity contribution is -0.143. The average Bonchev–Trinajstić information content (AvgIpc) is 3.19. The lowest BCUT2D eigenvalue weighted by atomic mass is 9.87. The van der Waals surface area contributed by atoms with Crippen molar-refractivity contribution < 1.29 is 28.6 Å². The fourth-order valence-electron chi connectivity index (χ4n) is 3.51. The summed E-state index contributed by atoms with van der Waals surface area (Å²) in [7, 11) is 0. The van der Waals surface area contributed by atoms with Gasteiger partial charge in [0, 0.05) is 18.7 Å². The lowest BCUT2D eigenvalue weighted by Crippen LogP contribution is -2.38. The van der Waals surface area contributed by atoms with Crippen LogP contribution in [0.3, 0.4) is 0 Å². The molecule has 2 aliphatic rings. The third kappa shape index (κ3) is 6.61. The van der Waals surface area contributed by atoms with E-state index in [2.05, 4.69) is 10.6 Å². The zero-order chi connectivity index (χ0) is 22.4. The van der Waals surface area contributed by atoms with Gasteiger partial charge in [0.15, 0.2) is 11.6 Å². The number of allylic oxidation sites excluding steroid dienone is 1. The summed E-state index contributed by atoms with van der Waals surface area (Å²) in [5, 5.41) is 14.2. The van der Waals surface area contributed by atoms with Crippen LogP contribution in [-0.4, -0.2) is 47.3 Å². The van der Waals surface area contributed by atoms with Crippen molar-refractivity contribution in [3.8, 4) is 5.75 Å². The Morgan fingerprint density at radius 1 is 1.16 bits per heavy atom. The largest absolute Gasteiger partial charge is 0.487 e. The van der Waals surface area contributed by atoms with Crippen molar-refractivity contribution in [2.24, 2.45) is 5.92 Å². The fraction of sp³-hybridized carbons (Fsp3) is 0.476. The Hall–Kier alpha value is -2.26. The number of hydrogen-bond donors (Lipinski definition) is 3. The number of halogens is 2. The van der Waals surface area contributed by atoms with E-state index in [1.807, 2.05) is 0 Å². The Bertz CT molecular complexity index is 873. The van der Waals surface area contributed by atoms with Gasteiger partial charge in [0.25, 0.3) is 5.91 Å². The second-order valence-corrected chi connectivity index (χ2v) is 9.35. The predicted molar refractivity (Wildman–Crippen MR) is 116 cm³/mol. The number of carboxylic acid groups (broad SMARTS) is 1. The number of benzene rings is 1. The van der Waals surface area contributed by atoms with E-state index in [1.165, 1.54) is 23.9 Å². The molecule has 1 saturated carbocycles. The molecule has 2 amide bonds. The summed E-state index contributed by atoms with van der Waals surface area (Å²) >= 11 is 7.14. The summed E-state index contributed by atoms with van der Waals surface area (Å²) in [4.78, 5) is 35.2. The predicted octanol–water partition coefficient (Wildman–Crippen LogP) is 3.28. The number of carbonyl (C=O) groups excluding carboxylic acids is 2. The van der Waals surface area contributed by atoms with Gasteiger partial charge in [-0.1, -0.05) is 17.7 Å². The van der Waals surface area contributed by atoms with Gasteiger partial charge in [0.05, 0.1) is 21.6 Å². The molecule has 0 saturated heterocycles. The van der Waals surface area contributed by atoms with Crippen LogP contribution in [0.25, 0.3) is 0 Å². The maximum absolute atomic E-state index is 14.4. The van der Waals surface area contributed by atoms with Crippen molar-refractivity contribution >= 4 is 41.1 Å². The molecule has 0 spiro atoms. The lowest BCUT2D eigenvalue weighted by Gasteiger charge is -2.27. The van der Waals surface area contributed by atoms with E-state index in [-0.39, 0.29) is 47.6 Å². The minimum atomic E-state index is -0.807. The normalized spacial score (nSPS) is 23.0. The molecule has 1 unspecified atom stereocenters. The van der Waals surface area contributed by atoms with E-state index in [4.69, 9.17) is 21.4 Å². The first-order valence-corrected chi connectivity index (χ1v) is 11.4. The van der Waals surface area contributed by atoms with Crippen molar-refractivity contribution in [3.05, 3.63) is 40.0 Å². The molecule has 1 fully saturated rings. The second-order valence-electron chi connectivity index (χ2n) is 7.47. The molecule has 10 heteroatoms. The summed E-state index contributed by atoms with van der Waals surface area (Å²) in [6.45, 7) is 0.456. The summed E-state index contributed by atoms with van der Waals surface area (Å²) in [6.07, 6.45) is 4.23. The van der Waals surface area contributed by atoms with Crippen LogP contribution in [0, 0.1) is 11.7 Å². The minimum Gasteiger partial charge on any atom is -0.487 e. The number of hydrogen-bond acceptors (Lipinski definition) is 5. The number of ether oxygens (including phenoxy) is 1. The van der Waals surface area contributed by atoms with Gasteiger partial charge < -0.3 is 20.5 Å². The Kier molecular flexibility index (Phi) is 8.20. The van der Waals surface area contributed by atoms with Gasteiger partial charge in [-0.25, -0.2) is 4.39 Å². The fourth-order valence-corrected chi connectivity index (χ4v) is 4.77. The quantitative estimate of drug-likeness (QED) is 0.504. The van der Waals surface area contributed by atoms with Gasteiger partial charge in [-0.15, -0.1) is 11.8 Å². The molecule has 3 N–H and O–H groups in total. The number of aliphatic carboxylic acids is 1. The third-order valence-corrected chi connectivity index (χ3v) is 6.77. The molecular weight excluding hydrogens is 447 g/mol. The van der Waals surface area contributed by atoms with Crippen LogP contribution in [0.1, 0.15) is 42.5 Å². The average molecular weight is 471 g/mol. The second kappa shape index (κ2) is 10.9.